The molecule has 0 fully saturated rings. The van der Waals surface area contributed by atoms with Crippen molar-refractivity contribution in [3.8, 4) is 0 Å². The van der Waals surface area contributed by atoms with Gasteiger partial charge in [0, 0.05) is 5.92 Å². The molecule has 0 aromatic heterocycles. The Balaban J connectivity index is 3.49. The Morgan fingerprint density at radius 3 is 1.76 bits per heavy atom. The Bertz CT molecular complexity index is 395. The van der Waals surface area contributed by atoms with E-state index in [1.807, 2.05) is 12.2 Å². The van der Waals surface area contributed by atoms with Crippen molar-refractivity contribution in [3.63, 3.8) is 0 Å². The summed E-state index contributed by atoms with van der Waals surface area (Å²) in [6.07, 6.45) is 17.8. The molecule has 0 aliphatic rings. The van der Waals surface area contributed by atoms with E-state index in [4.69, 9.17) is 0 Å². The quantitative estimate of drug-likeness (QED) is 0.234. The van der Waals surface area contributed by atoms with Gasteiger partial charge in [0.05, 0.1) is 5.05 Å². The van der Waals surface area contributed by atoms with Gasteiger partial charge in [-0.3, -0.25) is 0 Å². The first-order valence-electron chi connectivity index (χ1n) is 8.26. The molecule has 0 saturated carbocycles. The van der Waals surface area contributed by atoms with E-state index in [9.17, 15) is 5.11 Å². The van der Waals surface area contributed by atoms with Gasteiger partial charge in [-0.15, -0.1) is 13.2 Å². The Labute approximate surface area is 133 Å². The molecule has 0 amide bonds. The number of hydrogen-bond donors (Lipinski definition) is 1. The van der Waals surface area contributed by atoms with Crippen LogP contribution in [-0.2, 0) is 0 Å². The summed E-state index contributed by atoms with van der Waals surface area (Å²) < 4.78 is 0. The predicted molar refractivity (Wildman–Crippen MR) is 104 cm³/mol. The van der Waals surface area contributed by atoms with Gasteiger partial charge in [0.2, 0.25) is 0 Å². The lowest BCUT2D eigenvalue weighted by Crippen LogP contribution is -2.09. The highest BCUT2D eigenvalue weighted by molar-refractivity contribution is 8.10. The van der Waals surface area contributed by atoms with Crippen molar-refractivity contribution in [2.75, 3.05) is 0 Å². The molecule has 0 aliphatic carbocycles. The molecule has 1 nitrogen and oxygen atoms in total. The minimum Gasteiger partial charge on any atom is -0.355 e. The molecule has 0 heterocycles. The Morgan fingerprint density at radius 1 is 0.857 bits per heavy atom. The summed E-state index contributed by atoms with van der Waals surface area (Å²) in [5.41, 5.74) is 0. The van der Waals surface area contributed by atoms with Gasteiger partial charge in [0.1, 0.15) is 0 Å². The van der Waals surface area contributed by atoms with Crippen LogP contribution >= 0.6 is 9.66 Å². The topological polar surface area (TPSA) is 20.2 Å². The van der Waals surface area contributed by atoms with Crippen molar-refractivity contribution < 1.29 is 5.11 Å². The molecule has 0 aliphatic heterocycles. The van der Waals surface area contributed by atoms with Crippen molar-refractivity contribution in [2.24, 2.45) is 5.92 Å². The average Bonchev–Trinajstić information content (AvgIpc) is 2.48. The van der Waals surface area contributed by atoms with Gasteiger partial charge in [-0.25, -0.2) is 0 Å². The SMILES string of the molecule is C=CCCCCCCCCCCCC(C=C)C(O)=S(=C)=C. The number of allylic oxidation sites excluding steroid dienone is 1. The zero-order valence-electron chi connectivity index (χ0n) is 13.7. The second-order valence-electron chi connectivity index (χ2n) is 5.72. The van der Waals surface area contributed by atoms with E-state index in [0.29, 0.717) is 5.05 Å². The molecule has 0 saturated heterocycles. The van der Waals surface area contributed by atoms with Crippen LogP contribution in [0.15, 0.2) is 25.3 Å². The molecular formula is C19H34OS. The van der Waals surface area contributed by atoms with Gasteiger partial charge < -0.3 is 5.11 Å². The first kappa shape index (κ1) is 20.3. The number of aliphatic hydroxyl groups is 1. The monoisotopic (exact) mass is 310 g/mol. The van der Waals surface area contributed by atoms with Gasteiger partial charge in [-0.05, 0) is 19.3 Å². The second-order valence-corrected chi connectivity index (χ2v) is 7.13. The number of rotatable bonds is 14. The molecule has 0 spiro atoms. The maximum Gasteiger partial charge on any atom is 0.0987 e. The first-order valence-corrected chi connectivity index (χ1v) is 9.82. The van der Waals surface area contributed by atoms with Gasteiger partial charge in [0.25, 0.3) is 0 Å². The van der Waals surface area contributed by atoms with E-state index in [0.717, 1.165) is 19.3 Å². The molecule has 1 N–H and O–H groups in total. The molecule has 1 unspecified atom stereocenters. The van der Waals surface area contributed by atoms with Crippen LogP contribution in [0.2, 0.25) is 0 Å². The normalized spacial score (nSPS) is 11.9. The fourth-order valence-corrected chi connectivity index (χ4v) is 3.09. The highest BCUT2D eigenvalue weighted by atomic mass is 32.1. The molecule has 0 radical (unpaired) electrons. The van der Waals surface area contributed by atoms with Crippen LogP contribution in [0, 0.1) is 5.92 Å². The summed E-state index contributed by atoms with van der Waals surface area (Å²) in [6.45, 7) is 7.54. The molecular weight excluding hydrogens is 276 g/mol. The van der Waals surface area contributed by atoms with E-state index in [1.165, 1.54) is 51.4 Å². The van der Waals surface area contributed by atoms with Crippen LogP contribution in [0.25, 0.3) is 0 Å². The van der Waals surface area contributed by atoms with Crippen LogP contribution in [0.5, 0.6) is 0 Å². The van der Waals surface area contributed by atoms with Crippen molar-refractivity contribution in [1.82, 2.24) is 0 Å². The second kappa shape index (κ2) is 14.2. The molecule has 122 valence electrons. The Morgan fingerprint density at radius 2 is 1.33 bits per heavy atom. The predicted octanol–water partition coefficient (Wildman–Crippen LogP) is 6.09. The smallest absolute Gasteiger partial charge is 0.0987 e. The fraction of sp³-hybridized carbons (Fsp3) is 0.632. The maximum absolute atomic E-state index is 9.87. The molecule has 21 heavy (non-hydrogen) atoms. The Hall–Kier alpha value is -0.730. The Kier molecular flexibility index (Phi) is 13.7. The highest BCUT2D eigenvalue weighted by Gasteiger charge is 2.07. The minimum atomic E-state index is -0.511. The summed E-state index contributed by atoms with van der Waals surface area (Å²) in [5.74, 6) is 7.65. The summed E-state index contributed by atoms with van der Waals surface area (Å²) >= 11 is 0. The minimum absolute atomic E-state index is 0.0770. The standard InChI is InChI=1S/C19H34OS/c1-5-7-8-9-10-11-12-13-14-15-16-17-18(6-2)19(20)21(3)4/h5-6,18,20H,1-4,7-17H2. The summed E-state index contributed by atoms with van der Waals surface area (Å²) in [4.78, 5) is 0. The molecule has 2 heteroatoms. The maximum atomic E-state index is 9.87. The average molecular weight is 311 g/mol. The van der Waals surface area contributed by atoms with Crippen LogP contribution in [0.4, 0.5) is 0 Å². The third-order valence-corrected chi connectivity index (χ3v) is 4.72. The van der Waals surface area contributed by atoms with E-state index in [2.05, 4.69) is 24.9 Å². The van der Waals surface area contributed by atoms with E-state index in [1.54, 1.807) is 0 Å². The lowest BCUT2D eigenvalue weighted by atomic mass is 10.0. The zero-order valence-corrected chi connectivity index (χ0v) is 14.5. The van der Waals surface area contributed by atoms with Gasteiger partial charge in [-0.2, -0.15) is 9.66 Å². The van der Waals surface area contributed by atoms with E-state index < -0.39 is 9.66 Å². The van der Waals surface area contributed by atoms with E-state index >= 15 is 0 Å². The van der Waals surface area contributed by atoms with Gasteiger partial charge in [-0.1, -0.05) is 75.3 Å². The molecule has 1 atom stereocenters. The van der Waals surface area contributed by atoms with Crippen LogP contribution < -0.4 is 0 Å². The van der Waals surface area contributed by atoms with Gasteiger partial charge in [0.15, 0.2) is 0 Å². The lowest BCUT2D eigenvalue weighted by molar-refractivity contribution is 0.493. The third-order valence-electron chi connectivity index (χ3n) is 3.82. The van der Waals surface area contributed by atoms with Crippen molar-refractivity contribution in [3.05, 3.63) is 25.3 Å². The number of hydrogen-bond acceptors (Lipinski definition) is 0. The van der Waals surface area contributed by atoms with Crippen molar-refractivity contribution in [2.45, 2.75) is 70.6 Å². The highest BCUT2D eigenvalue weighted by Crippen LogP contribution is 2.16. The summed E-state index contributed by atoms with van der Waals surface area (Å²) in [5, 5.41) is 10.3. The largest absolute Gasteiger partial charge is 0.355 e. The van der Waals surface area contributed by atoms with Crippen molar-refractivity contribution in [1.29, 1.82) is 0 Å². The van der Waals surface area contributed by atoms with Crippen molar-refractivity contribution >= 4 is 26.5 Å². The first-order chi connectivity index (χ1) is 10.1. The van der Waals surface area contributed by atoms with Crippen LogP contribution in [0.3, 0.4) is 0 Å². The van der Waals surface area contributed by atoms with E-state index in [-0.39, 0.29) is 5.92 Å². The van der Waals surface area contributed by atoms with Crippen LogP contribution in [-0.4, -0.2) is 21.9 Å². The summed E-state index contributed by atoms with van der Waals surface area (Å²) in [6, 6.07) is 0. The number of aliphatic hydroxyl groups excluding tert-OH is 1. The fourth-order valence-electron chi connectivity index (χ4n) is 2.45. The number of unbranched alkanes of at least 4 members (excludes halogenated alkanes) is 9. The molecule has 0 rings (SSSR count). The molecule has 0 bridgehead atoms. The lowest BCUT2D eigenvalue weighted by Gasteiger charge is -2.10. The van der Waals surface area contributed by atoms with Crippen LogP contribution in [0.1, 0.15) is 70.6 Å². The molecule has 0 aromatic carbocycles. The third kappa shape index (κ3) is 11.6. The van der Waals surface area contributed by atoms with Gasteiger partial charge >= 0.3 is 0 Å². The summed E-state index contributed by atoms with van der Waals surface area (Å²) in [7, 11) is -0.511. The molecule has 0 aromatic rings. The zero-order chi connectivity index (χ0) is 15.9.